The summed E-state index contributed by atoms with van der Waals surface area (Å²) in [6, 6.07) is 5.86. The highest BCUT2D eigenvalue weighted by Gasteiger charge is 2.45. The topological polar surface area (TPSA) is 52.3 Å². The zero-order chi connectivity index (χ0) is 11.8. The molecule has 1 aliphatic rings. The Morgan fingerprint density at radius 3 is 2.75 bits per heavy atom. The maximum Gasteiger partial charge on any atom is 0.157 e. The van der Waals surface area contributed by atoms with E-state index in [1.807, 2.05) is 25.1 Å². The van der Waals surface area contributed by atoms with Gasteiger partial charge >= 0.3 is 0 Å². The molecular weight excluding hydrogens is 202 g/mol. The molecule has 1 aromatic rings. The van der Waals surface area contributed by atoms with Gasteiger partial charge in [-0.1, -0.05) is 17.7 Å². The third-order valence-corrected chi connectivity index (χ3v) is 3.13. The van der Waals surface area contributed by atoms with E-state index in [9.17, 15) is 4.79 Å². The van der Waals surface area contributed by atoms with Crippen LogP contribution in [0.3, 0.4) is 0 Å². The Morgan fingerprint density at radius 2 is 2.19 bits per heavy atom. The fraction of sp³-hybridized carbons (Fsp3) is 0.462. The summed E-state index contributed by atoms with van der Waals surface area (Å²) in [7, 11) is 1.62. The van der Waals surface area contributed by atoms with Crippen LogP contribution in [0.1, 0.15) is 24.0 Å². The van der Waals surface area contributed by atoms with Gasteiger partial charge in [0.15, 0.2) is 5.78 Å². The van der Waals surface area contributed by atoms with Gasteiger partial charge in [-0.15, -0.1) is 0 Å². The van der Waals surface area contributed by atoms with E-state index in [0.29, 0.717) is 6.42 Å². The second-order valence-electron chi connectivity index (χ2n) is 4.57. The van der Waals surface area contributed by atoms with E-state index < -0.39 is 5.54 Å². The molecule has 0 bridgehead atoms. The van der Waals surface area contributed by atoms with Crippen LogP contribution in [-0.4, -0.2) is 18.4 Å². The van der Waals surface area contributed by atoms with Crippen LogP contribution in [0.5, 0.6) is 5.75 Å². The summed E-state index contributed by atoms with van der Waals surface area (Å²) >= 11 is 0. The molecule has 0 radical (unpaired) electrons. The number of aryl methyl sites for hydroxylation is 1. The van der Waals surface area contributed by atoms with Gasteiger partial charge in [-0.05, 0) is 25.8 Å². The molecule has 16 heavy (non-hydrogen) atoms. The van der Waals surface area contributed by atoms with Crippen LogP contribution in [0, 0.1) is 6.92 Å². The lowest BCUT2D eigenvalue weighted by atomic mass is 10.0. The lowest BCUT2D eigenvalue weighted by Gasteiger charge is -2.11. The molecule has 1 aliphatic carbocycles. The van der Waals surface area contributed by atoms with Crippen LogP contribution in [0.2, 0.25) is 0 Å². The van der Waals surface area contributed by atoms with Crippen LogP contribution in [-0.2, 0) is 11.2 Å². The van der Waals surface area contributed by atoms with Crippen molar-refractivity contribution in [1.82, 2.24) is 0 Å². The average molecular weight is 219 g/mol. The third kappa shape index (κ3) is 2.09. The minimum Gasteiger partial charge on any atom is -0.496 e. The van der Waals surface area contributed by atoms with Crippen LogP contribution >= 0.6 is 0 Å². The summed E-state index contributed by atoms with van der Waals surface area (Å²) in [6.07, 6.45) is 2.02. The predicted molar refractivity (Wildman–Crippen MR) is 62.6 cm³/mol. The van der Waals surface area contributed by atoms with E-state index in [-0.39, 0.29) is 5.78 Å². The zero-order valence-corrected chi connectivity index (χ0v) is 9.75. The van der Waals surface area contributed by atoms with Crippen molar-refractivity contribution < 1.29 is 9.53 Å². The minimum absolute atomic E-state index is 0.122. The first-order valence-electron chi connectivity index (χ1n) is 5.51. The molecule has 0 aromatic heterocycles. The lowest BCUT2D eigenvalue weighted by molar-refractivity contribution is -0.120. The number of nitrogens with two attached hydrogens (primary N) is 1. The van der Waals surface area contributed by atoms with Crippen molar-refractivity contribution in [1.29, 1.82) is 0 Å². The smallest absolute Gasteiger partial charge is 0.157 e. The molecule has 1 saturated carbocycles. The first-order chi connectivity index (χ1) is 7.55. The number of ether oxygens (including phenoxy) is 1. The number of rotatable bonds is 4. The van der Waals surface area contributed by atoms with Crippen LogP contribution in [0.15, 0.2) is 18.2 Å². The first kappa shape index (κ1) is 11.1. The molecule has 0 spiro atoms. The minimum atomic E-state index is -0.547. The molecule has 0 unspecified atom stereocenters. The van der Waals surface area contributed by atoms with Crippen molar-refractivity contribution >= 4 is 5.78 Å². The molecule has 0 atom stereocenters. The number of benzene rings is 1. The van der Waals surface area contributed by atoms with Crippen molar-refractivity contribution in [3.05, 3.63) is 29.3 Å². The maximum atomic E-state index is 11.9. The summed E-state index contributed by atoms with van der Waals surface area (Å²) in [5.41, 5.74) is 7.39. The summed E-state index contributed by atoms with van der Waals surface area (Å²) in [4.78, 5) is 11.9. The Morgan fingerprint density at radius 1 is 1.50 bits per heavy atom. The average Bonchev–Trinajstić information content (AvgIpc) is 2.98. The van der Waals surface area contributed by atoms with Crippen molar-refractivity contribution in [3.8, 4) is 5.75 Å². The quantitative estimate of drug-likeness (QED) is 0.837. The largest absolute Gasteiger partial charge is 0.496 e. The SMILES string of the molecule is COc1ccc(C)cc1CC(=O)C1(N)CC1. The lowest BCUT2D eigenvalue weighted by Crippen LogP contribution is -2.34. The molecule has 2 N–H and O–H groups in total. The molecule has 0 saturated heterocycles. The molecule has 0 aliphatic heterocycles. The van der Waals surface area contributed by atoms with E-state index in [0.717, 1.165) is 29.7 Å². The fourth-order valence-corrected chi connectivity index (χ4v) is 1.81. The monoisotopic (exact) mass is 219 g/mol. The molecule has 0 amide bonds. The molecule has 3 nitrogen and oxygen atoms in total. The highest BCUT2D eigenvalue weighted by Crippen LogP contribution is 2.35. The van der Waals surface area contributed by atoms with Gasteiger partial charge in [0, 0.05) is 12.0 Å². The van der Waals surface area contributed by atoms with E-state index in [1.54, 1.807) is 7.11 Å². The van der Waals surface area contributed by atoms with E-state index in [2.05, 4.69) is 0 Å². The summed E-state index contributed by atoms with van der Waals surface area (Å²) in [6.45, 7) is 2.00. The van der Waals surface area contributed by atoms with Gasteiger partial charge in [0.05, 0.1) is 12.6 Å². The second kappa shape index (κ2) is 3.91. The Bertz CT molecular complexity index is 422. The first-order valence-corrected chi connectivity index (χ1v) is 5.51. The molecule has 2 rings (SSSR count). The van der Waals surface area contributed by atoms with Gasteiger partial charge in [-0.3, -0.25) is 4.79 Å². The van der Waals surface area contributed by atoms with Gasteiger partial charge < -0.3 is 10.5 Å². The van der Waals surface area contributed by atoms with Gasteiger partial charge in [-0.2, -0.15) is 0 Å². The third-order valence-electron chi connectivity index (χ3n) is 3.13. The number of methoxy groups -OCH3 is 1. The van der Waals surface area contributed by atoms with Crippen LogP contribution < -0.4 is 10.5 Å². The Kier molecular flexibility index (Phi) is 2.72. The van der Waals surface area contributed by atoms with E-state index >= 15 is 0 Å². The number of hydrogen-bond donors (Lipinski definition) is 1. The Labute approximate surface area is 95.6 Å². The standard InChI is InChI=1S/C13H17NO2/c1-9-3-4-11(16-2)10(7-9)8-12(15)13(14)5-6-13/h3-4,7H,5-6,8,14H2,1-2H3. The maximum absolute atomic E-state index is 11.9. The van der Waals surface area contributed by atoms with Crippen molar-refractivity contribution in [2.75, 3.05) is 7.11 Å². The Hall–Kier alpha value is -1.35. The number of hydrogen-bond acceptors (Lipinski definition) is 3. The number of Topliss-reactive ketones (excluding diaryl/α,β-unsaturated/α-hetero) is 1. The van der Waals surface area contributed by atoms with Crippen molar-refractivity contribution in [3.63, 3.8) is 0 Å². The summed E-state index contributed by atoms with van der Waals surface area (Å²) in [5, 5.41) is 0. The van der Waals surface area contributed by atoms with Gasteiger partial charge in [0.1, 0.15) is 5.75 Å². The predicted octanol–water partition coefficient (Wildman–Crippen LogP) is 1.61. The summed E-state index contributed by atoms with van der Waals surface area (Å²) in [5.74, 6) is 0.889. The number of carbonyl (C=O) groups is 1. The normalized spacial score (nSPS) is 16.9. The van der Waals surface area contributed by atoms with Gasteiger partial charge in [0.25, 0.3) is 0 Å². The van der Waals surface area contributed by atoms with Crippen LogP contribution in [0.4, 0.5) is 0 Å². The van der Waals surface area contributed by atoms with Crippen LogP contribution in [0.25, 0.3) is 0 Å². The Balaban J connectivity index is 2.19. The summed E-state index contributed by atoms with van der Waals surface area (Å²) < 4.78 is 5.24. The highest BCUT2D eigenvalue weighted by atomic mass is 16.5. The fourth-order valence-electron chi connectivity index (χ4n) is 1.81. The molecule has 3 heteroatoms. The van der Waals surface area contributed by atoms with Crippen molar-refractivity contribution in [2.24, 2.45) is 5.73 Å². The molecule has 86 valence electrons. The highest BCUT2D eigenvalue weighted by molar-refractivity contribution is 5.93. The molecule has 1 fully saturated rings. The van der Waals surface area contributed by atoms with Crippen molar-refractivity contribution in [2.45, 2.75) is 31.7 Å². The van der Waals surface area contributed by atoms with E-state index in [1.165, 1.54) is 0 Å². The molecule has 0 heterocycles. The molecular formula is C13H17NO2. The van der Waals surface area contributed by atoms with Gasteiger partial charge in [0.2, 0.25) is 0 Å². The van der Waals surface area contributed by atoms with Gasteiger partial charge in [-0.25, -0.2) is 0 Å². The zero-order valence-electron chi connectivity index (χ0n) is 9.75. The molecule has 1 aromatic carbocycles. The van der Waals surface area contributed by atoms with E-state index in [4.69, 9.17) is 10.5 Å². The number of ketones is 1. The second-order valence-corrected chi connectivity index (χ2v) is 4.57. The number of carbonyl (C=O) groups excluding carboxylic acids is 1.